The topological polar surface area (TPSA) is 15.3 Å². The van der Waals surface area contributed by atoms with Crippen LogP contribution >= 0.6 is 0 Å². The Balaban J connectivity index is 1.97. The van der Waals surface area contributed by atoms with E-state index in [2.05, 4.69) is 30.1 Å². The highest BCUT2D eigenvalue weighted by Gasteiger charge is 2.20. The summed E-state index contributed by atoms with van der Waals surface area (Å²) >= 11 is 0. The van der Waals surface area contributed by atoms with E-state index in [9.17, 15) is 4.39 Å². The quantitative estimate of drug-likeness (QED) is 0.810. The van der Waals surface area contributed by atoms with Gasteiger partial charge in [-0.1, -0.05) is 13.8 Å². The normalized spacial score (nSPS) is 15.0. The second-order valence-corrected chi connectivity index (χ2v) is 6.08. The van der Waals surface area contributed by atoms with E-state index in [-0.39, 0.29) is 5.82 Å². The summed E-state index contributed by atoms with van der Waals surface area (Å²) in [6, 6.07) is 6.01. The molecule has 0 aliphatic heterocycles. The summed E-state index contributed by atoms with van der Waals surface area (Å²) in [7, 11) is 2.04. The maximum absolute atomic E-state index is 13.7. The third kappa shape index (κ3) is 4.83. The lowest BCUT2D eigenvalue weighted by atomic mass is 10.1. The smallest absolute Gasteiger partial charge is 0.125 e. The first-order chi connectivity index (χ1) is 9.04. The molecule has 0 amide bonds. The first kappa shape index (κ1) is 14.3. The summed E-state index contributed by atoms with van der Waals surface area (Å²) < 4.78 is 13.7. The molecule has 0 heterocycles. The van der Waals surface area contributed by atoms with Gasteiger partial charge in [-0.15, -0.1) is 0 Å². The molecule has 106 valence electrons. The highest BCUT2D eigenvalue weighted by Crippen LogP contribution is 2.22. The van der Waals surface area contributed by atoms with E-state index in [0.29, 0.717) is 12.0 Å². The number of hydrogen-bond donors (Lipinski definition) is 1. The minimum absolute atomic E-state index is 0.138. The van der Waals surface area contributed by atoms with Crippen LogP contribution in [0.2, 0.25) is 0 Å². The van der Waals surface area contributed by atoms with Crippen LogP contribution in [0.5, 0.6) is 0 Å². The lowest BCUT2D eigenvalue weighted by molar-refractivity contribution is 0.583. The lowest BCUT2D eigenvalue weighted by Gasteiger charge is -2.21. The predicted octanol–water partition coefficient (Wildman–Crippen LogP) is 3.56. The van der Waals surface area contributed by atoms with Crippen molar-refractivity contribution in [2.24, 2.45) is 5.92 Å². The fraction of sp³-hybridized carbons (Fsp3) is 0.625. The van der Waals surface area contributed by atoms with Crippen LogP contribution in [0.3, 0.4) is 0 Å². The van der Waals surface area contributed by atoms with Gasteiger partial charge < -0.3 is 10.2 Å². The van der Waals surface area contributed by atoms with Crippen LogP contribution in [-0.2, 0) is 6.54 Å². The Bertz CT molecular complexity index is 413. The van der Waals surface area contributed by atoms with E-state index in [1.807, 2.05) is 7.05 Å². The van der Waals surface area contributed by atoms with Gasteiger partial charge in [-0.2, -0.15) is 0 Å². The van der Waals surface area contributed by atoms with Crippen molar-refractivity contribution in [3.8, 4) is 0 Å². The van der Waals surface area contributed by atoms with Gasteiger partial charge in [-0.3, -0.25) is 0 Å². The Morgan fingerprint density at radius 1 is 1.32 bits per heavy atom. The van der Waals surface area contributed by atoms with Gasteiger partial charge >= 0.3 is 0 Å². The molecular weight excluding hydrogens is 239 g/mol. The van der Waals surface area contributed by atoms with Gasteiger partial charge in [-0.05, 0) is 48.9 Å². The molecule has 1 N–H and O–H groups in total. The Morgan fingerprint density at radius 3 is 2.68 bits per heavy atom. The molecule has 1 aliphatic carbocycles. The SMILES string of the molecule is CC(C)CCN(C)c1cc(F)cc(CNC2CC2)c1. The zero-order chi connectivity index (χ0) is 13.8. The van der Waals surface area contributed by atoms with Crippen molar-refractivity contribution in [1.82, 2.24) is 5.32 Å². The molecule has 0 aromatic heterocycles. The Kier molecular flexibility index (Phi) is 4.81. The van der Waals surface area contributed by atoms with Gasteiger partial charge in [0.25, 0.3) is 0 Å². The highest BCUT2D eigenvalue weighted by atomic mass is 19.1. The minimum atomic E-state index is -0.138. The van der Waals surface area contributed by atoms with Gasteiger partial charge in [0.2, 0.25) is 0 Å². The monoisotopic (exact) mass is 264 g/mol. The summed E-state index contributed by atoms with van der Waals surface area (Å²) in [5, 5.41) is 3.43. The number of benzene rings is 1. The molecule has 1 aliphatic rings. The molecule has 0 bridgehead atoms. The average Bonchev–Trinajstić information content (AvgIpc) is 3.16. The van der Waals surface area contributed by atoms with Gasteiger partial charge in [0.15, 0.2) is 0 Å². The fourth-order valence-electron chi connectivity index (χ4n) is 2.09. The molecule has 0 atom stereocenters. The molecule has 0 spiro atoms. The molecule has 1 saturated carbocycles. The summed E-state index contributed by atoms with van der Waals surface area (Å²) in [6.07, 6.45) is 3.65. The maximum Gasteiger partial charge on any atom is 0.125 e. The van der Waals surface area contributed by atoms with Crippen molar-refractivity contribution in [3.05, 3.63) is 29.6 Å². The van der Waals surface area contributed by atoms with Crippen molar-refractivity contribution in [1.29, 1.82) is 0 Å². The van der Waals surface area contributed by atoms with E-state index in [1.165, 1.54) is 12.8 Å². The maximum atomic E-state index is 13.7. The number of hydrogen-bond acceptors (Lipinski definition) is 2. The summed E-state index contributed by atoms with van der Waals surface area (Å²) in [6.45, 7) is 6.17. The third-order valence-corrected chi connectivity index (χ3v) is 3.60. The average molecular weight is 264 g/mol. The molecule has 1 aromatic rings. The minimum Gasteiger partial charge on any atom is -0.374 e. The van der Waals surface area contributed by atoms with E-state index in [1.54, 1.807) is 12.1 Å². The molecule has 0 radical (unpaired) electrons. The second-order valence-electron chi connectivity index (χ2n) is 6.08. The van der Waals surface area contributed by atoms with E-state index < -0.39 is 0 Å². The van der Waals surface area contributed by atoms with Crippen LogP contribution in [0.4, 0.5) is 10.1 Å². The third-order valence-electron chi connectivity index (χ3n) is 3.60. The Hall–Kier alpha value is -1.09. The van der Waals surface area contributed by atoms with E-state index in [0.717, 1.165) is 30.8 Å². The van der Waals surface area contributed by atoms with Crippen molar-refractivity contribution >= 4 is 5.69 Å². The number of halogens is 1. The predicted molar refractivity (Wildman–Crippen MR) is 79.0 cm³/mol. The highest BCUT2D eigenvalue weighted by molar-refractivity contribution is 5.48. The van der Waals surface area contributed by atoms with Gasteiger partial charge in [-0.25, -0.2) is 4.39 Å². The standard InChI is InChI=1S/C16H25FN2/c1-12(2)6-7-19(3)16-9-13(8-14(17)10-16)11-18-15-4-5-15/h8-10,12,15,18H,4-7,11H2,1-3H3. The number of nitrogens with zero attached hydrogens (tertiary/aromatic N) is 1. The largest absolute Gasteiger partial charge is 0.374 e. The molecule has 1 fully saturated rings. The summed E-state index contributed by atoms with van der Waals surface area (Å²) in [5.74, 6) is 0.536. The molecule has 1 aromatic carbocycles. The van der Waals surface area contributed by atoms with Crippen LogP contribution in [0.1, 0.15) is 38.7 Å². The Morgan fingerprint density at radius 2 is 2.05 bits per heavy atom. The molecule has 2 rings (SSSR count). The van der Waals surface area contributed by atoms with Crippen molar-refractivity contribution in [2.75, 3.05) is 18.5 Å². The van der Waals surface area contributed by atoms with Gasteiger partial charge in [0.05, 0.1) is 0 Å². The molecule has 0 saturated heterocycles. The lowest BCUT2D eigenvalue weighted by Crippen LogP contribution is -2.21. The first-order valence-electron chi connectivity index (χ1n) is 7.28. The van der Waals surface area contributed by atoms with Crippen LogP contribution in [0.15, 0.2) is 18.2 Å². The zero-order valence-electron chi connectivity index (χ0n) is 12.2. The number of anilines is 1. The van der Waals surface area contributed by atoms with Crippen molar-refractivity contribution in [2.45, 2.75) is 45.7 Å². The van der Waals surface area contributed by atoms with Crippen molar-refractivity contribution in [3.63, 3.8) is 0 Å². The second kappa shape index (κ2) is 6.38. The summed E-state index contributed by atoms with van der Waals surface area (Å²) in [5.41, 5.74) is 2.02. The molecule has 0 unspecified atom stereocenters. The zero-order valence-corrected chi connectivity index (χ0v) is 12.2. The summed E-state index contributed by atoms with van der Waals surface area (Å²) in [4.78, 5) is 2.14. The van der Waals surface area contributed by atoms with Gasteiger partial charge in [0.1, 0.15) is 5.82 Å². The molecule has 19 heavy (non-hydrogen) atoms. The molecule has 3 heteroatoms. The number of nitrogens with one attached hydrogen (secondary N) is 1. The molecular formula is C16H25FN2. The van der Waals surface area contributed by atoms with Crippen LogP contribution in [0.25, 0.3) is 0 Å². The van der Waals surface area contributed by atoms with Crippen molar-refractivity contribution < 1.29 is 4.39 Å². The van der Waals surface area contributed by atoms with E-state index >= 15 is 0 Å². The van der Waals surface area contributed by atoms with Crippen LogP contribution in [0, 0.1) is 11.7 Å². The molecule has 2 nitrogen and oxygen atoms in total. The van der Waals surface area contributed by atoms with Crippen LogP contribution < -0.4 is 10.2 Å². The fourth-order valence-corrected chi connectivity index (χ4v) is 2.09. The van der Waals surface area contributed by atoms with E-state index in [4.69, 9.17) is 0 Å². The number of rotatable bonds is 7. The van der Waals surface area contributed by atoms with Crippen LogP contribution in [-0.4, -0.2) is 19.6 Å². The van der Waals surface area contributed by atoms with Gasteiger partial charge in [0, 0.05) is 31.9 Å². The Labute approximate surface area is 116 Å². The first-order valence-corrected chi connectivity index (χ1v) is 7.28.